The van der Waals surface area contributed by atoms with Crippen LogP contribution in [0.5, 0.6) is 0 Å². The Kier molecular flexibility index (Phi) is 10.6. The van der Waals surface area contributed by atoms with E-state index in [2.05, 4.69) is 64.4 Å². The van der Waals surface area contributed by atoms with Crippen LogP contribution in [0.15, 0.2) is 18.2 Å². The molecule has 1 aromatic carbocycles. The summed E-state index contributed by atoms with van der Waals surface area (Å²) in [5.74, 6) is 1.25. The average molecular weight is 540 g/mol. The van der Waals surface area contributed by atoms with Crippen molar-refractivity contribution in [3.63, 3.8) is 0 Å². The lowest BCUT2D eigenvalue weighted by Gasteiger charge is -2.36. The molecule has 3 N–H and O–H groups in total. The number of carbonyl (C=O) groups excluding carboxylic acids is 3. The van der Waals surface area contributed by atoms with Crippen LogP contribution < -0.4 is 16.0 Å². The molecule has 6 nitrogen and oxygen atoms in total. The first-order valence-electron chi connectivity index (χ1n) is 15.3. The standard InChI is InChI=1S/C33H53N3O3/c1-8-9-10-29(37)34-26-19-27(35-30(38)22-11-15-24(16-12-22)32(2,3)4)21-28(20-26)36-31(39)23-13-17-25(18-14-23)33(5,6)7/h19-25H,8-18H2,1-7H3,(H,34,37)(H,35,38)(H,36,39)/t22-,23-,24-,25-. The molecule has 0 spiro atoms. The maximum absolute atomic E-state index is 13.2. The minimum absolute atomic E-state index is 0.0116. The molecule has 0 atom stereocenters. The van der Waals surface area contributed by atoms with Crippen molar-refractivity contribution in [1.29, 1.82) is 0 Å². The summed E-state index contributed by atoms with van der Waals surface area (Å²) >= 11 is 0. The second kappa shape index (κ2) is 13.3. The maximum atomic E-state index is 13.2. The molecule has 3 amide bonds. The van der Waals surface area contributed by atoms with Gasteiger partial charge >= 0.3 is 0 Å². The second-order valence-electron chi connectivity index (χ2n) is 14.3. The summed E-state index contributed by atoms with van der Waals surface area (Å²) in [6, 6.07) is 5.42. The Hall–Kier alpha value is -2.37. The largest absolute Gasteiger partial charge is 0.326 e. The zero-order valence-electron chi connectivity index (χ0n) is 25.5. The fraction of sp³-hybridized carbons (Fsp3) is 0.727. The molecule has 2 saturated carbocycles. The van der Waals surface area contributed by atoms with Crippen LogP contribution in [0.25, 0.3) is 0 Å². The van der Waals surface area contributed by atoms with Crippen LogP contribution in [-0.4, -0.2) is 17.7 Å². The highest BCUT2D eigenvalue weighted by Gasteiger charge is 2.33. The Balaban J connectivity index is 1.69. The van der Waals surface area contributed by atoms with Gasteiger partial charge in [-0.1, -0.05) is 54.9 Å². The number of amides is 3. The SMILES string of the molecule is CCCCC(=O)Nc1cc(NC(=O)[C@H]2CC[C@H](C(C)(C)C)CC2)cc(NC(=O)[C@H]2CC[C@H](C(C)(C)C)CC2)c1. The predicted molar refractivity (Wildman–Crippen MR) is 162 cm³/mol. The Bertz CT molecular complexity index is 922. The van der Waals surface area contributed by atoms with Gasteiger partial charge in [-0.2, -0.15) is 0 Å². The van der Waals surface area contributed by atoms with Gasteiger partial charge in [0.05, 0.1) is 0 Å². The molecule has 0 aliphatic heterocycles. The van der Waals surface area contributed by atoms with Gasteiger partial charge in [-0.25, -0.2) is 0 Å². The van der Waals surface area contributed by atoms with E-state index in [-0.39, 0.29) is 40.4 Å². The van der Waals surface area contributed by atoms with Crippen molar-refractivity contribution in [3.05, 3.63) is 18.2 Å². The summed E-state index contributed by atoms with van der Waals surface area (Å²) in [6.07, 6.45) is 10.0. The van der Waals surface area contributed by atoms with Gasteiger partial charge in [-0.3, -0.25) is 14.4 Å². The van der Waals surface area contributed by atoms with E-state index in [9.17, 15) is 14.4 Å². The average Bonchev–Trinajstić information content (AvgIpc) is 2.86. The van der Waals surface area contributed by atoms with Crippen molar-refractivity contribution in [2.24, 2.45) is 34.5 Å². The van der Waals surface area contributed by atoms with Gasteiger partial charge in [0.25, 0.3) is 0 Å². The van der Waals surface area contributed by atoms with Gasteiger partial charge in [0.15, 0.2) is 0 Å². The first kappa shape index (κ1) is 31.2. The number of benzene rings is 1. The van der Waals surface area contributed by atoms with E-state index in [1.165, 1.54) is 0 Å². The maximum Gasteiger partial charge on any atom is 0.227 e. The highest BCUT2D eigenvalue weighted by Crippen LogP contribution is 2.41. The van der Waals surface area contributed by atoms with Crippen molar-refractivity contribution in [1.82, 2.24) is 0 Å². The number of hydrogen-bond acceptors (Lipinski definition) is 3. The first-order valence-corrected chi connectivity index (χ1v) is 15.3. The number of nitrogens with one attached hydrogen (secondary N) is 3. The van der Waals surface area contributed by atoms with E-state index in [0.717, 1.165) is 64.2 Å². The van der Waals surface area contributed by atoms with E-state index < -0.39 is 0 Å². The van der Waals surface area contributed by atoms with Crippen molar-refractivity contribution in [2.75, 3.05) is 16.0 Å². The van der Waals surface area contributed by atoms with Crippen LogP contribution in [0.3, 0.4) is 0 Å². The predicted octanol–water partition coefficient (Wildman–Crippen LogP) is 8.40. The second-order valence-corrected chi connectivity index (χ2v) is 14.3. The Morgan fingerprint density at radius 1 is 0.641 bits per heavy atom. The van der Waals surface area contributed by atoms with Crippen molar-refractivity contribution in [2.45, 2.75) is 119 Å². The number of anilines is 3. The number of unbranched alkanes of at least 4 members (excludes halogenated alkanes) is 1. The molecule has 218 valence electrons. The summed E-state index contributed by atoms with van der Waals surface area (Å²) in [7, 11) is 0. The Morgan fingerprint density at radius 3 is 1.33 bits per heavy atom. The minimum Gasteiger partial charge on any atom is -0.326 e. The summed E-state index contributed by atoms with van der Waals surface area (Å²) in [5.41, 5.74) is 2.35. The third kappa shape index (κ3) is 9.36. The molecule has 2 fully saturated rings. The zero-order chi connectivity index (χ0) is 28.8. The van der Waals surface area contributed by atoms with Crippen molar-refractivity contribution in [3.8, 4) is 0 Å². The van der Waals surface area contributed by atoms with Crippen LogP contribution in [-0.2, 0) is 14.4 Å². The quantitative estimate of drug-likeness (QED) is 0.310. The summed E-state index contributed by atoms with van der Waals surface area (Å²) in [4.78, 5) is 38.9. The molecule has 0 unspecified atom stereocenters. The summed E-state index contributed by atoms with van der Waals surface area (Å²) in [6.45, 7) is 15.7. The van der Waals surface area contributed by atoms with E-state index in [4.69, 9.17) is 0 Å². The molecular formula is C33H53N3O3. The number of carbonyl (C=O) groups is 3. The topological polar surface area (TPSA) is 87.3 Å². The van der Waals surface area contributed by atoms with E-state index in [1.54, 1.807) is 12.1 Å². The third-order valence-corrected chi connectivity index (χ3v) is 9.15. The number of hydrogen-bond donors (Lipinski definition) is 3. The van der Waals surface area contributed by atoms with E-state index in [1.807, 2.05) is 6.07 Å². The lowest BCUT2D eigenvalue weighted by atomic mass is 9.69. The Morgan fingerprint density at radius 2 is 1.00 bits per heavy atom. The molecule has 6 heteroatoms. The van der Waals surface area contributed by atoms with Gasteiger partial charge in [-0.05, 0) is 98.7 Å². The van der Waals surface area contributed by atoms with Crippen LogP contribution in [0.1, 0.15) is 119 Å². The molecule has 1 aromatic rings. The molecule has 39 heavy (non-hydrogen) atoms. The molecule has 2 aliphatic rings. The van der Waals surface area contributed by atoms with Gasteiger partial charge < -0.3 is 16.0 Å². The van der Waals surface area contributed by atoms with Gasteiger partial charge in [0.1, 0.15) is 0 Å². The smallest absolute Gasteiger partial charge is 0.227 e. The molecule has 0 bridgehead atoms. The molecule has 2 aliphatic carbocycles. The molecule has 0 radical (unpaired) electrons. The number of rotatable bonds is 8. The van der Waals surface area contributed by atoms with Crippen LogP contribution >= 0.6 is 0 Å². The fourth-order valence-electron chi connectivity index (χ4n) is 6.34. The molecule has 0 heterocycles. The summed E-state index contributed by atoms with van der Waals surface area (Å²) in [5, 5.41) is 9.16. The molecule has 3 rings (SSSR count). The lowest BCUT2D eigenvalue weighted by molar-refractivity contribution is -0.122. The van der Waals surface area contributed by atoms with Gasteiger partial charge in [0, 0.05) is 35.3 Å². The van der Waals surface area contributed by atoms with Gasteiger partial charge in [-0.15, -0.1) is 0 Å². The van der Waals surface area contributed by atoms with E-state index >= 15 is 0 Å². The fourth-order valence-corrected chi connectivity index (χ4v) is 6.34. The van der Waals surface area contributed by atoms with Crippen LogP contribution in [0.2, 0.25) is 0 Å². The monoisotopic (exact) mass is 539 g/mol. The third-order valence-electron chi connectivity index (χ3n) is 9.15. The minimum atomic E-state index is -0.0568. The summed E-state index contributed by atoms with van der Waals surface area (Å²) < 4.78 is 0. The normalized spacial score (nSPS) is 24.1. The highest BCUT2D eigenvalue weighted by atomic mass is 16.2. The molecule has 0 saturated heterocycles. The molecule has 0 aromatic heterocycles. The Labute approximate surface area is 236 Å². The van der Waals surface area contributed by atoms with Crippen molar-refractivity contribution < 1.29 is 14.4 Å². The van der Waals surface area contributed by atoms with Gasteiger partial charge in [0.2, 0.25) is 17.7 Å². The van der Waals surface area contributed by atoms with E-state index in [0.29, 0.717) is 35.3 Å². The zero-order valence-corrected chi connectivity index (χ0v) is 25.5. The highest BCUT2D eigenvalue weighted by molar-refractivity contribution is 5.98. The lowest BCUT2D eigenvalue weighted by Crippen LogP contribution is -2.32. The first-order chi connectivity index (χ1) is 18.3. The van der Waals surface area contributed by atoms with Crippen LogP contribution in [0.4, 0.5) is 17.1 Å². The van der Waals surface area contributed by atoms with Crippen molar-refractivity contribution >= 4 is 34.8 Å². The van der Waals surface area contributed by atoms with Crippen LogP contribution in [0, 0.1) is 34.5 Å². The molecular weight excluding hydrogens is 486 g/mol.